The fourth-order valence-corrected chi connectivity index (χ4v) is 7.32. The fourth-order valence-electron chi connectivity index (χ4n) is 6.67. The number of benzene rings is 1. The molecule has 3 atom stereocenters. The van der Waals surface area contributed by atoms with Crippen LogP contribution >= 0.6 is 23.4 Å². The summed E-state index contributed by atoms with van der Waals surface area (Å²) in [4.78, 5) is 27.1. The average molecular weight is 513 g/mol. The summed E-state index contributed by atoms with van der Waals surface area (Å²) in [6.45, 7) is 7.38. The summed E-state index contributed by atoms with van der Waals surface area (Å²) in [5.41, 5.74) is 4.91. The minimum atomic E-state index is -0.474. The molecule has 0 saturated carbocycles. The normalized spacial score (nSPS) is 26.9. The second-order valence-electron chi connectivity index (χ2n) is 11.5. The zero-order valence-corrected chi connectivity index (χ0v) is 22.5. The molecule has 1 aromatic carbocycles. The van der Waals surface area contributed by atoms with Gasteiger partial charge in [-0.05, 0) is 82.7 Å². The van der Waals surface area contributed by atoms with Crippen molar-refractivity contribution in [2.75, 3.05) is 24.2 Å². The lowest BCUT2D eigenvalue weighted by molar-refractivity contribution is -0.0381. The molecule has 1 spiro atoms. The molecule has 0 N–H and O–H groups in total. The lowest BCUT2D eigenvalue weighted by atomic mass is 9.69. The molecule has 3 aliphatic heterocycles. The van der Waals surface area contributed by atoms with E-state index >= 15 is 0 Å². The van der Waals surface area contributed by atoms with Gasteiger partial charge in [0.25, 0.3) is 0 Å². The second kappa shape index (κ2) is 8.27. The van der Waals surface area contributed by atoms with Gasteiger partial charge in [-0.15, -0.1) is 0 Å². The Kier molecular flexibility index (Phi) is 5.53. The number of thioether (sulfide) groups is 1. The van der Waals surface area contributed by atoms with Gasteiger partial charge in [0.1, 0.15) is 11.4 Å². The first-order chi connectivity index (χ1) is 16.7. The van der Waals surface area contributed by atoms with Crippen molar-refractivity contribution < 1.29 is 9.53 Å². The predicted molar refractivity (Wildman–Crippen MR) is 140 cm³/mol. The highest BCUT2D eigenvalue weighted by Gasteiger charge is 2.50. The van der Waals surface area contributed by atoms with Crippen LogP contribution in [0.1, 0.15) is 62.4 Å². The minimum Gasteiger partial charge on any atom is -0.444 e. The number of piperidine rings is 1. The highest BCUT2D eigenvalue weighted by Crippen LogP contribution is 2.50. The Labute approximate surface area is 216 Å². The third-order valence-corrected chi connectivity index (χ3v) is 9.14. The molecule has 1 amide bonds. The number of hydrogen-bond donors (Lipinski definition) is 0. The number of fused-ring (bicyclic) bond motifs is 5. The number of carbonyl (C=O) groups is 1. The van der Waals surface area contributed by atoms with Gasteiger partial charge in [0, 0.05) is 29.1 Å². The van der Waals surface area contributed by atoms with Crippen molar-refractivity contribution in [3.63, 3.8) is 0 Å². The maximum absolute atomic E-state index is 12.7. The third-order valence-electron chi connectivity index (χ3n) is 8.23. The molecule has 1 aromatic heterocycles. The molecule has 0 radical (unpaired) electrons. The molecule has 3 saturated heterocycles. The van der Waals surface area contributed by atoms with E-state index in [1.807, 2.05) is 38.0 Å². The van der Waals surface area contributed by atoms with Gasteiger partial charge in [0.15, 0.2) is 5.16 Å². The van der Waals surface area contributed by atoms with Gasteiger partial charge in [-0.1, -0.05) is 35.5 Å². The van der Waals surface area contributed by atoms with Crippen molar-refractivity contribution >= 4 is 35.3 Å². The van der Waals surface area contributed by atoms with Crippen molar-refractivity contribution in [2.24, 2.45) is 0 Å². The largest absolute Gasteiger partial charge is 0.444 e. The van der Waals surface area contributed by atoms with Crippen LogP contribution in [0.5, 0.6) is 0 Å². The quantitative estimate of drug-likeness (QED) is 0.395. The smallest absolute Gasteiger partial charge is 0.410 e. The van der Waals surface area contributed by atoms with Crippen LogP contribution in [0.25, 0.3) is 0 Å². The number of carbonyl (C=O) groups excluding carboxylic acids is 1. The van der Waals surface area contributed by atoms with E-state index in [1.54, 1.807) is 11.8 Å². The number of amides is 1. The summed E-state index contributed by atoms with van der Waals surface area (Å²) in [5.74, 6) is 1.08. The van der Waals surface area contributed by atoms with E-state index in [2.05, 4.69) is 17.0 Å². The van der Waals surface area contributed by atoms with E-state index in [-0.39, 0.29) is 23.6 Å². The lowest BCUT2D eigenvalue weighted by Gasteiger charge is -2.56. The van der Waals surface area contributed by atoms with Crippen molar-refractivity contribution in [3.8, 4) is 0 Å². The summed E-state index contributed by atoms with van der Waals surface area (Å²) in [6, 6.07) is 6.76. The van der Waals surface area contributed by atoms with Gasteiger partial charge < -0.3 is 9.64 Å². The van der Waals surface area contributed by atoms with E-state index in [0.717, 1.165) is 67.6 Å². The van der Waals surface area contributed by atoms with Crippen LogP contribution in [0.15, 0.2) is 23.4 Å². The molecule has 2 aliphatic carbocycles. The van der Waals surface area contributed by atoms with Gasteiger partial charge in [0.2, 0.25) is 0 Å². The molecule has 35 heavy (non-hydrogen) atoms. The van der Waals surface area contributed by atoms with Gasteiger partial charge >= 0.3 is 6.09 Å². The molecule has 2 aromatic rings. The molecule has 8 heteroatoms. The summed E-state index contributed by atoms with van der Waals surface area (Å²) >= 11 is 8.17. The molecule has 7 rings (SSSR count). The molecule has 3 fully saturated rings. The first-order valence-electron chi connectivity index (χ1n) is 12.7. The molecular weight excluding hydrogens is 480 g/mol. The highest BCUT2D eigenvalue weighted by atomic mass is 35.5. The first-order valence-corrected chi connectivity index (χ1v) is 14.3. The molecule has 186 valence electrons. The lowest BCUT2D eigenvalue weighted by Crippen LogP contribution is -2.70. The Morgan fingerprint density at radius 3 is 2.54 bits per heavy atom. The van der Waals surface area contributed by atoms with Gasteiger partial charge in [-0.25, -0.2) is 14.8 Å². The number of aromatic nitrogens is 2. The molecule has 5 aliphatic rings. The van der Waals surface area contributed by atoms with Crippen LogP contribution in [0.2, 0.25) is 5.02 Å². The van der Waals surface area contributed by atoms with E-state index < -0.39 is 5.60 Å². The fraction of sp³-hybridized carbons (Fsp3) is 0.593. The summed E-state index contributed by atoms with van der Waals surface area (Å²) in [6.07, 6.45) is 8.12. The SMILES string of the molecule is CSc1nc2c(c(N3CC4CC(C3)N4C(=O)OC(C)(C)C)n1)CCC1(CCc3c(Cl)cccc31)C2. The Bertz CT molecular complexity index is 1190. The predicted octanol–water partition coefficient (Wildman–Crippen LogP) is 5.42. The van der Waals surface area contributed by atoms with Crippen LogP contribution in [0.3, 0.4) is 0 Å². The van der Waals surface area contributed by atoms with E-state index in [1.165, 1.54) is 22.4 Å². The first kappa shape index (κ1) is 23.4. The Morgan fingerprint density at radius 2 is 1.86 bits per heavy atom. The highest BCUT2D eigenvalue weighted by molar-refractivity contribution is 7.98. The summed E-state index contributed by atoms with van der Waals surface area (Å²) < 4.78 is 5.67. The molecule has 2 bridgehead atoms. The number of piperazine rings is 1. The van der Waals surface area contributed by atoms with E-state index in [0.29, 0.717) is 0 Å². The van der Waals surface area contributed by atoms with Crippen LogP contribution in [-0.2, 0) is 29.4 Å². The second-order valence-corrected chi connectivity index (χ2v) is 12.7. The third kappa shape index (κ3) is 3.90. The molecular formula is C27H33ClN4O2S. The monoisotopic (exact) mass is 512 g/mol. The zero-order valence-electron chi connectivity index (χ0n) is 20.9. The van der Waals surface area contributed by atoms with Crippen molar-refractivity contribution in [2.45, 2.75) is 87.6 Å². The zero-order chi connectivity index (χ0) is 24.5. The number of nitrogens with zero attached hydrogens (tertiary/aromatic N) is 4. The van der Waals surface area contributed by atoms with Crippen molar-refractivity contribution in [1.29, 1.82) is 0 Å². The summed E-state index contributed by atoms with van der Waals surface area (Å²) in [7, 11) is 0. The van der Waals surface area contributed by atoms with Crippen molar-refractivity contribution in [3.05, 3.63) is 45.6 Å². The Balaban J connectivity index is 1.28. The maximum Gasteiger partial charge on any atom is 0.410 e. The average Bonchev–Trinajstić information content (AvgIpc) is 3.15. The number of rotatable bonds is 2. The summed E-state index contributed by atoms with van der Waals surface area (Å²) in [5, 5.41) is 1.74. The molecule has 4 heterocycles. The van der Waals surface area contributed by atoms with Crippen molar-refractivity contribution in [1.82, 2.24) is 14.9 Å². The van der Waals surface area contributed by atoms with E-state index in [9.17, 15) is 4.79 Å². The number of ether oxygens (including phenoxy) is 1. The maximum atomic E-state index is 12.7. The van der Waals surface area contributed by atoms with Gasteiger partial charge in [-0.3, -0.25) is 4.90 Å². The molecule has 3 unspecified atom stereocenters. The number of halogens is 1. The topological polar surface area (TPSA) is 58.6 Å². The standard InChI is InChI=1S/C27H33ClN4O2S/c1-26(2,3)34-25(33)32-16-12-17(32)15-31(14-16)23-19-9-11-27(13-22(19)29-24(30-23)35-4)10-8-18-20(27)6-5-7-21(18)28/h5-7,16-17H,8-15H2,1-4H3. The minimum absolute atomic E-state index is 0.131. The van der Waals surface area contributed by atoms with E-state index in [4.69, 9.17) is 26.3 Å². The van der Waals surface area contributed by atoms with Crippen LogP contribution < -0.4 is 4.90 Å². The van der Waals surface area contributed by atoms with Crippen LogP contribution in [0.4, 0.5) is 10.6 Å². The van der Waals surface area contributed by atoms with Crippen LogP contribution in [0, 0.1) is 0 Å². The van der Waals surface area contributed by atoms with Gasteiger partial charge in [0.05, 0.1) is 17.8 Å². The number of anilines is 1. The Morgan fingerprint density at radius 1 is 1.14 bits per heavy atom. The Hall–Kier alpha value is -1.99. The number of hydrogen-bond acceptors (Lipinski definition) is 6. The van der Waals surface area contributed by atoms with Crippen LogP contribution in [-0.4, -0.2) is 58.0 Å². The molecule has 6 nitrogen and oxygen atoms in total. The van der Waals surface area contributed by atoms with Gasteiger partial charge in [-0.2, -0.15) is 0 Å².